The average molecular weight is 379 g/mol. The lowest BCUT2D eigenvalue weighted by molar-refractivity contribution is -0.149. The molecule has 7 nitrogen and oxygen atoms in total. The summed E-state index contributed by atoms with van der Waals surface area (Å²) in [7, 11) is 1.52. The molecule has 0 bridgehead atoms. The molecule has 1 aromatic rings. The minimum Gasteiger partial charge on any atom is -0.493 e. The zero-order valence-corrected chi connectivity index (χ0v) is 15.9. The van der Waals surface area contributed by atoms with Crippen molar-refractivity contribution < 1.29 is 28.6 Å². The molecule has 0 spiro atoms. The number of hydrogen-bond acceptors (Lipinski definition) is 7. The van der Waals surface area contributed by atoms with Crippen molar-refractivity contribution in [1.29, 1.82) is 0 Å². The van der Waals surface area contributed by atoms with E-state index in [4.69, 9.17) is 14.2 Å². The summed E-state index contributed by atoms with van der Waals surface area (Å²) in [5.41, 5.74) is 0.681. The van der Waals surface area contributed by atoms with Crippen molar-refractivity contribution in [3.8, 4) is 11.5 Å². The number of nitrogens with zero attached hydrogens (tertiary/aromatic N) is 1. The molecule has 1 aromatic carbocycles. The Hall–Kier alpha value is -2.48. The van der Waals surface area contributed by atoms with E-state index in [1.807, 2.05) is 6.92 Å². The number of hydrogen-bond donors (Lipinski definition) is 0. The largest absolute Gasteiger partial charge is 0.493 e. The van der Waals surface area contributed by atoms with Gasteiger partial charge in [-0.15, -0.1) is 0 Å². The molecular weight excluding hydrogens is 358 g/mol. The van der Waals surface area contributed by atoms with Crippen LogP contribution in [0.3, 0.4) is 0 Å². The van der Waals surface area contributed by atoms with Gasteiger partial charge >= 0.3 is 5.97 Å². The predicted molar refractivity (Wildman–Crippen MR) is 98.1 cm³/mol. The number of rotatable bonds is 7. The number of carbonyl (C=O) groups is 3. The molecule has 1 aliphatic rings. The third-order valence-electron chi connectivity index (χ3n) is 3.31. The van der Waals surface area contributed by atoms with Crippen LogP contribution in [0.1, 0.15) is 26.3 Å². The molecule has 0 saturated carbocycles. The van der Waals surface area contributed by atoms with Gasteiger partial charge in [-0.3, -0.25) is 19.3 Å². The summed E-state index contributed by atoms with van der Waals surface area (Å²) < 4.78 is 15.7. The minimum atomic E-state index is -0.619. The maximum atomic E-state index is 12.4. The zero-order chi connectivity index (χ0) is 19.3. The van der Waals surface area contributed by atoms with Crippen LogP contribution in [-0.2, 0) is 14.3 Å². The van der Waals surface area contributed by atoms with E-state index in [1.165, 1.54) is 7.11 Å². The number of thioether (sulfide) groups is 1. The topological polar surface area (TPSA) is 82.1 Å². The summed E-state index contributed by atoms with van der Waals surface area (Å²) in [4.78, 5) is 37.3. The van der Waals surface area contributed by atoms with E-state index in [2.05, 4.69) is 0 Å². The van der Waals surface area contributed by atoms with E-state index < -0.39 is 23.7 Å². The van der Waals surface area contributed by atoms with Crippen molar-refractivity contribution in [3.63, 3.8) is 0 Å². The second-order valence-electron chi connectivity index (χ2n) is 5.65. The van der Waals surface area contributed by atoms with E-state index in [0.717, 1.165) is 16.7 Å². The summed E-state index contributed by atoms with van der Waals surface area (Å²) in [6.07, 6.45) is 1.27. The summed E-state index contributed by atoms with van der Waals surface area (Å²) in [6, 6.07) is 5.21. The molecule has 2 amide bonds. The maximum Gasteiger partial charge on any atom is 0.326 e. The van der Waals surface area contributed by atoms with Gasteiger partial charge in [0.25, 0.3) is 11.1 Å². The van der Waals surface area contributed by atoms with Crippen LogP contribution >= 0.6 is 11.8 Å². The van der Waals surface area contributed by atoms with Gasteiger partial charge in [-0.2, -0.15) is 0 Å². The molecule has 0 unspecified atom stereocenters. The molecule has 0 aliphatic carbocycles. The van der Waals surface area contributed by atoms with Crippen molar-refractivity contribution in [2.24, 2.45) is 0 Å². The molecule has 8 heteroatoms. The first-order valence-corrected chi connectivity index (χ1v) is 8.93. The van der Waals surface area contributed by atoms with Gasteiger partial charge in [0.1, 0.15) is 6.54 Å². The van der Waals surface area contributed by atoms with Crippen molar-refractivity contribution in [2.75, 3.05) is 20.3 Å². The molecule has 26 heavy (non-hydrogen) atoms. The third-order valence-corrected chi connectivity index (χ3v) is 4.22. The van der Waals surface area contributed by atoms with Gasteiger partial charge in [-0.1, -0.05) is 6.07 Å². The van der Waals surface area contributed by atoms with E-state index >= 15 is 0 Å². The lowest BCUT2D eigenvalue weighted by Gasteiger charge is -2.13. The molecule has 0 atom stereocenters. The quantitative estimate of drug-likeness (QED) is 0.532. The van der Waals surface area contributed by atoms with Crippen molar-refractivity contribution >= 4 is 35.0 Å². The predicted octanol–water partition coefficient (Wildman–Crippen LogP) is 3.08. The highest BCUT2D eigenvalue weighted by Gasteiger charge is 2.36. The summed E-state index contributed by atoms with van der Waals surface area (Å²) in [6.45, 7) is 5.37. The number of ether oxygens (including phenoxy) is 3. The van der Waals surface area contributed by atoms with Gasteiger partial charge in [-0.05, 0) is 56.3 Å². The fourth-order valence-corrected chi connectivity index (χ4v) is 3.10. The number of imide groups is 1. The number of carbonyl (C=O) groups excluding carboxylic acids is 3. The molecule has 140 valence electrons. The molecule has 2 rings (SSSR count). The van der Waals surface area contributed by atoms with Gasteiger partial charge in [0.05, 0.1) is 24.7 Å². The summed E-state index contributed by atoms with van der Waals surface area (Å²) in [5.74, 6) is -0.0168. The smallest absolute Gasteiger partial charge is 0.326 e. The number of amides is 2. The van der Waals surface area contributed by atoms with Gasteiger partial charge in [0, 0.05) is 0 Å². The Kier molecular flexibility index (Phi) is 6.68. The van der Waals surface area contributed by atoms with Crippen LogP contribution < -0.4 is 9.47 Å². The van der Waals surface area contributed by atoms with Gasteiger partial charge < -0.3 is 14.2 Å². The van der Waals surface area contributed by atoms with E-state index in [1.54, 1.807) is 38.1 Å². The standard InChI is InChI=1S/C18H21NO6S/c1-5-24-13-7-6-12(8-14(13)23-4)9-15-17(21)19(18(22)26-15)10-16(20)25-11(2)3/h6-9,11H,5,10H2,1-4H3/b15-9+. The highest BCUT2D eigenvalue weighted by molar-refractivity contribution is 8.18. The molecular formula is C18H21NO6S. The lowest BCUT2D eigenvalue weighted by atomic mass is 10.2. The highest BCUT2D eigenvalue weighted by Crippen LogP contribution is 2.34. The molecule has 1 fully saturated rings. The molecule has 1 heterocycles. The highest BCUT2D eigenvalue weighted by atomic mass is 32.2. The van der Waals surface area contributed by atoms with Crippen molar-refractivity contribution in [3.05, 3.63) is 28.7 Å². The molecule has 0 radical (unpaired) electrons. The fraction of sp³-hybridized carbons (Fsp3) is 0.389. The van der Waals surface area contributed by atoms with Crippen LogP contribution in [0.5, 0.6) is 11.5 Å². The van der Waals surface area contributed by atoms with Gasteiger partial charge in [0.2, 0.25) is 0 Å². The summed E-state index contributed by atoms with van der Waals surface area (Å²) in [5, 5.41) is -0.500. The summed E-state index contributed by atoms with van der Waals surface area (Å²) >= 11 is 0.784. The Morgan fingerprint density at radius 3 is 2.62 bits per heavy atom. The third kappa shape index (κ3) is 4.78. The Balaban J connectivity index is 2.18. The van der Waals surface area contributed by atoms with Crippen molar-refractivity contribution in [2.45, 2.75) is 26.9 Å². The van der Waals surface area contributed by atoms with Gasteiger partial charge in [0.15, 0.2) is 11.5 Å². The van der Waals surface area contributed by atoms with E-state index in [0.29, 0.717) is 23.7 Å². The first-order chi connectivity index (χ1) is 12.3. The minimum absolute atomic E-state index is 0.235. The molecule has 0 aromatic heterocycles. The normalized spacial score (nSPS) is 15.7. The zero-order valence-electron chi connectivity index (χ0n) is 15.1. The first-order valence-electron chi connectivity index (χ1n) is 8.11. The molecule has 1 aliphatic heterocycles. The number of methoxy groups -OCH3 is 1. The van der Waals surface area contributed by atoms with Crippen LogP contribution in [0.4, 0.5) is 4.79 Å². The Morgan fingerprint density at radius 2 is 2.00 bits per heavy atom. The first kappa shape index (κ1) is 19.8. The van der Waals surface area contributed by atoms with Crippen LogP contribution in [0, 0.1) is 0 Å². The number of esters is 1. The van der Waals surface area contributed by atoms with Crippen LogP contribution in [0.2, 0.25) is 0 Å². The van der Waals surface area contributed by atoms with Crippen LogP contribution in [-0.4, -0.2) is 48.4 Å². The van der Waals surface area contributed by atoms with Crippen molar-refractivity contribution in [1.82, 2.24) is 4.90 Å². The van der Waals surface area contributed by atoms with E-state index in [9.17, 15) is 14.4 Å². The Labute approximate surface area is 156 Å². The lowest BCUT2D eigenvalue weighted by Crippen LogP contribution is -2.35. The Bertz CT molecular complexity index is 743. The van der Waals surface area contributed by atoms with Gasteiger partial charge in [-0.25, -0.2) is 0 Å². The Morgan fingerprint density at radius 1 is 1.27 bits per heavy atom. The SMILES string of the molecule is CCOc1ccc(/C=C2/SC(=O)N(CC(=O)OC(C)C)C2=O)cc1OC. The molecule has 0 N–H and O–H groups in total. The second-order valence-corrected chi connectivity index (χ2v) is 6.64. The second kappa shape index (κ2) is 8.75. The van der Waals surface area contributed by atoms with Crippen LogP contribution in [0.25, 0.3) is 6.08 Å². The molecule has 1 saturated heterocycles. The average Bonchev–Trinajstić information content (AvgIpc) is 2.83. The van der Waals surface area contributed by atoms with E-state index in [-0.39, 0.29) is 11.0 Å². The monoisotopic (exact) mass is 379 g/mol. The van der Waals surface area contributed by atoms with Crippen LogP contribution in [0.15, 0.2) is 23.1 Å². The number of benzene rings is 1. The fourth-order valence-electron chi connectivity index (χ4n) is 2.27. The maximum absolute atomic E-state index is 12.4.